The second-order valence-electron chi connectivity index (χ2n) is 9.69. The number of hydrogen-bond acceptors (Lipinski definition) is 4. The smallest absolute Gasteiger partial charge is 0.317 e. The maximum atomic E-state index is 13.1. The van der Waals surface area contributed by atoms with E-state index in [1.54, 1.807) is 0 Å². The molecule has 1 amide bonds. The van der Waals surface area contributed by atoms with Crippen LogP contribution in [0.3, 0.4) is 0 Å². The maximum absolute atomic E-state index is 13.1. The highest BCUT2D eigenvalue weighted by molar-refractivity contribution is 9.09. The molecule has 4 fully saturated rings. The normalized spacial score (nSPS) is 32.7. The van der Waals surface area contributed by atoms with Crippen LogP contribution in [0, 0.1) is 24.7 Å². The Labute approximate surface area is 181 Å². The third kappa shape index (κ3) is 4.18. The third-order valence-electron chi connectivity index (χ3n) is 6.90. The van der Waals surface area contributed by atoms with Gasteiger partial charge in [-0.1, -0.05) is 33.6 Å². The fourth-order valence-electron chi connectivity index (χ4n) is 5.85. The number of rotatable bonds is 6. The summed E-state index contributed by atoms with van der Waals surface area (Å²) in [6.07, 6.45) is 4.88. The van der Waals surface area contributed by atoms with E-state index in [0.29, 0.717) is 23.5 Å². The Hall–Kier alpha value is -1.56. The van der Waals surface area contributed by atoms with Gasteiger partial charge in [0.25, 0.3) is 5.91 Å². The summed E-state index contributed by atoms with van der Waals surface area (Å²) in [5.41, 5.74) is -0.122. The molecule has 0 spiro atoms. The Kier molecular flexibility index (Phi) is 5.43. The number of carbonyl (C=O) groups excluding carboxylic acids is 2. The van der Waals surface area contributed by atoms with Gasteiger partial charge >= 0.3 is 5.97 Å². The lowest BCUT2D eigenvalue weighted by molar-refractivity contribution is -0.189. The van der Waals surface area contributed by atoms with Crippen LogP contribution in [-0.4, -0.2) is 34.5 Å². The molecular formula is C23H30BrNO4. The number of alkyl halides is 1. The minimum absolute atomic E-state index is 0.0814. The van der Waals surface area contributed by atoms with Gasteiger partial charge in [-0.25, -0.2) is 0 Å². The van der Waals surface area contributed by atoms with Gasteiger partial charge in [0.2, 0.25) is 0 Å². The Morgan fingerprint density at radius 2 is 1.76 bits per heavy atom. The first-order chi connectivity index (χ1) is 13.7. The molecule has 5 rings (SSSR count). The molecule has 6 heteroatoms. The van der Waals surface area contributed by atoms with Crippen LogP contribution in [-0.2, 0) is 14.3 Å². The topological polar surface area (TPSA) is 64.6 Å². The van der Waals surface area contributed by atoms with Crippen molar-refractivity contribution in [2.45, 2.75) is 70.1 Å². The maximum Gasteiger partial charge on any atom is 0.317 e. The first-order valence-electron chi connectivity index (χ1n) is 10.5. The molecular weight excluding hydrogens is 434 g/mol. The molecule has 0 aromatic heterocycles. The average molecular weight is 464 g/mol. The number of halogens is 1. The van der Waals surface area contributed by atoms with Crippen LogP contribution >= 0.6 is 15.9 Å². The van der Waals surface area contributed by atoms with Gasteiger partial charge in [0.1, 0.15) is 16.7 Å². The lowest BCUT2D eigenvalue weighted by atomic mass is 9.52. The van der Waals surface area contributed by atoms with Crippen LogP contribution in [0.1, 0.15) is 51.5 Å². The molecule has 0 aliphatic heterocycles. The number of aryl methyl sites for hydroxylation is 1. The Bertz CT molecular complexity index is 775. The van der Waals surface area contributed by atoms with Crippen molar-refractivity contribution >= 4 is 27.8 Å². The molecule has 29 heavy (non-hydrogen) atoms. The highest BCUT2D eigenvalue weighted by Crippen LogP contribution is 2.57. The summed E-state index contributed by atoms with van der Waals surface area (Å²) in [7, 11) is 0. The standard InChI is InChI=1S/C23H30BrNO4/c1-14-4-6-18(7-5-14)28-22(2,3)21(27)25-20-16-8-15-9-17(20)12-23(10-15,11-16)29-19(26)13-24/h4-7,15-17,20H,8-13H2,1-3H3,(H,25,27)/t15?,16-,17+,20+,23+. The van der Waals surface area contributed by atoms with Crippen LogP contribution in [0.5, 0.6) is 5.75 Å². The largest absolute Gasteiger partial charge is 0.478 e. The molecule has 0 heterocycles. The van der Waals surface area contributed by atoms with Crippen molar-refractivity contribution in [1.29, 1.82) is 0 Å². The van der Waals surface area contributed by atoms with E-state index in [0.717, 1.165) is 37.7 Å². The number of amides is 1. The van der Waals surface area contributed by atoms with E-state index in [2.05, 4.69) is 21.2 Å². The monoisotopic (exact) mass is 463 g/mol. The molecule has 0 saturated heterocycles. The Morgan fingerprint density at radius 1 is 1.14 bits per heavy atom. The van der Waals surface area contributed by atoms with E-state index in [1.165, 1.54) is 0 Å². The van der Waals surface area contributed by atoms with Gasteiger partial charge in [-0.05, 0) is 82.8 Å². The van der Waals surface area contributed by atoms with E-state index in [9.17, 15) is 9.59 Å². The van der Waals surface area contributed by atoms with Gasteiger partial charge in [0.05, 0.1) is 0 Å². The molecule has 4 aliphatic rings. The van der Waals surface area contributed by atoms with Gasteiger partial charge in [-0.2, -0.15) is 0 Å². The van der Waals surface area contributed by atoms with Gasteiger partial charge in [-0.15, -0.1) is 0 Å². The Morgan fingerprint density at radius 3 is 2.34 bits per heavy atom. The van der Waals surface area contributed by atoms with Crippen molar-refractivity contribution in [2.75, 3.05) is 5.33 Å². The molecule has 1 aromatic rings. The highest BCUT2D eigenvalue weighted by atomic mass is 79.9. The lowest BCUT2D eigenvalue weighted by Crippen LogP contribution is -2.64. The summed E-state index contributed by atoms with van der Waals surface area (Å²) in [4.78, 5) is 25.0. The summed E-state index contributed by atoms with van der Waals surface area (Å²) in [5, 5.41) is 3.54. The molecule has 5 atom stereocenters. The van der Waals surface area contributed by atoms with Crippen LogP contribution in [0.15, 0.2) is 24.3 Å². The molecule has 1 aromatic carbocycles. The predicted octanol–water partition coefficient (Wildman–Crippen LogP) is 4.15. The first-order valence-corrected chi connectivity index (χ1v) is 11.7. The summed E-state index contributed by atoms with van der Waals surface area (Å²) < 4.78 is 11.9. The molecule has 5 nitrogen and oxygen atoms in total. The predicted molar refractivity (Wildman–Crippen MR) is 114 cm³/mol. The number of carbonyl (C=O) groups is 2. The number of hydrogen-bond donors (Lipinski definition) is 1. The lowest BCUT2D eigenvalue weighted by Gasteiger charge is -2.59. The quantitative estimate of drug-likeness (QED) is 0.508. The fraction of sp³-hybridized carbons (Fsp3) is 0.652. The van der Waals surface area contributed by atoms with Crippen LogP contribution in [0.2, 0.25) is 0 Å². The second-order valence-corrected chi connectivity index (χ2v) is 10.2. The second kappa shape index (κ2) is 7.60. The van der Waals surface area contributed by atoms with Crippen molar-refractivity contribution in [3.63, 3.8) is 0 Å². The van der Waals surface area contributed by atoms with Crippen molar-refractivity contribution in [3.8, 4) is 5.75 Å². The van der Waals surface area contributed by atoms with Gasteiger partial charge in [0, 0.05) is 6.04 Å². The molecule has 4 aliphatic carbocycles. The third-order valence-corrected chi connectivity index (χ3v) is 7.35. The van der Waals surface area contributed by atoms with E-state index in [-0.39, 0.29) is 28.8 Å². The molecule has 158 valence electrons. The van der Waals surface area contributed by atoms with E-state index < -0.39 is 5.60 Å². The zero-order chi connectivity index (χ0) is 20.8. The number of benzene rings is 1. The van der Waals surface area contributed by atoms with Crippen LogP contribution in [0.25, 0.3) is 0 Å². The number of ether oxygens (including phenoxy) is 2. The van der Waals surface area contributed by atoms with E-state index in [1.807, 2.05) is 45.0 Å². The van der Waals surface area contributed by atoms with Crippen LogP contribution in [0.4, 0.5) is 0 Å². The van der Waals surface area contributed by atoms with Gasteiger partial charge < -0.3 is 14.8 Å². The van der Waals surface area contributed by atoms with Crippen LogP contribution < -0.4 is 10.1 Å². The zero-order valence-electron chi connectivity index (χ0n) is 17.4. The zero-order valence-corrected chi connectivity index (χ0v) is 19.0. The molecule has 0 radical (unpaired) electrons. The van der Waals surface area contributed by atoms with Crippen molar-refractivity contribution in [2.24, 2.45) is 17.8 Å². The fourth-order valence-corrected chi connectivity index (χ4v) is 5.97. The molecule has 4 saturated carbocycles. The van der Waals surface area contributed by atoms with Crippen molar-refractivity contribution in [1.82, 2.24) is 5.32 Å². The molecule has 4 bridgehead atoms. The van der Waals surface area contributed by atoms with Crippen molar-refractivity contribution < 1.29 is 19.1 Å². The summed E-state index contributed by atoms with van der Waals surface area (Å²) in [6, 6.07) is 7.89. The highest BCUT2D eigenvalue weighted by Gasteiger charge is 2.58. The van der Waals surface area contributed by atoms with Gasteiger partial charge in [-0.3, -0.25) is 9.59 Å². The number of nitrogens with one attached hydrogen (secondary N) is 1. The Balaban J connectivity index is 1.43. The SMILES string of the molecule is Cc1ccc(OC(C)(C)C(=O)N[C@H]2[C@@H]3CC4C[C@H]2C[C@](OC(=O)CBr)(C4)C3)cc1. The molecule has 1 unspecified atom stereocenters. The van der Waals surface area contributed by atoms with Crippen molar-refractivity contribution in [3.05, 3.63) is 29.8 Å². The van der Waals surface area contributed by atoms with E-state index in [4.69, 9.17) is 9.47 Å². The summed E-state index contributed by atoms with van der Waals surface area (Å²) in [5.74, 6) is 1.76. The summed E-state index contributed by atoms with van der Waals surface area (Å²) in [6.45, 7) is 5.66. The minimum atomic E-state index is -0.954. The van der Waals surface area contributed by atoms with E-state index >= 15 is 0 Å². The minimum Gasteiger partial charge on any atom is -0.478 e. The molecule has 1 N–H and O–H groups in total. The van der Waals surface area contributed by atoms with Gasteiger partial charge in [0.15, 0.2) is 5.60 Å². The average Bonchev–Trinajstić information content (AvgIpc) is 2.65. The number of esters is 1. The summed E-state index contributed by atoms with van der Waals surface area (Å²) >= 11 is 3.21. The first kappa shape index (κ1) is 20.7.